The van der Waals surface area contributed by atoms with Gasteiger partial charge in [0.15, 0.2) is 0 Å². The first-order chi connectivity index (χ1) is 9.49. The molecule has 0 saturated heterocycles. The highest BCUT2D eigenvalue weighted by Crippen LogP contribution is 2.56. The first kappa shape index (κ1) is 13.8. The molecule has 4 heteroatoms. The van der Waals surface area contributed by atoms with Gasteiger partial charge in [0.25, 0.3) is 0 Å². The third kappa shape index (κ3) is 1.51. The summed E-state index contributed by atoms with van der Waals surface area (Å²) < 4.78 is 1.05. The van der Waals surface area contributed by atoms with Crippen LogP contribution >= 0.6 is 15.9 Å². The molecule has 2 aliphatic rings. The average Bonchev–Trinajstić information content (AvgIpc) is 2.87. The quantitative estimate of drug-likeness (QED) is 0.865. The van der Waals surface area contributed by atoms with E-state index in [-0.39, 0.29) is 11.4 Å². The lowest BCUT2D eigenvalue weighted by Gasteiger charge is -2.43. The van der Waals surface area contributed by atoms with Crippen LogP contribution in [-0.2, 0) is 12.0 Å². The number of fused-ring (bicyclic) bond motifs is 2. The normalized spacial score (nSPS) is 26.6. The summed E-state index contributed by atoms with van der Waals surface area (Å²) in [6.45, 7) is 6.40. The van der Waals surface area contributed by atoms with Crippen LogP contribution in [0.1, 0.15) is 44.7 Å². The Morgan fingerprint density at radius 2 is 2.05 bits per heavy atom. The summed E-state index contributed by atoms with van der Waals surface area (Å²) in [7, 11) is 0. The summed E-state index contributed by atoms with van der Waals surface area (Å²) >= 11 is 3.56. The molecule has 1 N–H and O–H groups in total. The largest absolute Gasteiger partial charge is 0.341 e. The van der Waals surface area contributed by atoms with Crippen LogP contribution < -0.4 is 5.32 Å². The molecule has 1 aromatic rings. The van der Waals surface area contributed by atoms with Crippen molar-refractivity contribution in [2.45, 2.75) is 45.6 Å². The Morgan fingerprint density at radius 3 is 2.60 bits per heavy atom. The number of hydrogen-bond acceptors (Lipinski definition) is 1. The molecule has 1 atom stereocenters. The van der Waals surface area contributed by atoms with Gasteiger partial charge in [0.1, 0.15) is 5.54 Å². The molecule has 1 heterocycles. The fraction of sp³-hybridized carbons (Fsp3) is 0.500. The molecule has 0 bridgehead atoms. The Kier molecular flexibility index (Phi) is 3.05. The lowest BCUT2D eigenvalue weighted by atomic mass is 9.64. The molecule has 1 aromatic carbocycles. The SMILES string of the molecule is CCC1(CC)Cc2ccc(Br)cc2C12NC(=O)N=C2C. The number of carbonyl (C=O) groups excluding carboxylic acids is 1. The zero-order chi connectivity index (χ0) is 14.5. The number of halogens is 1. The molecule has 1 spiro atoms. The van der Waals surface area contributed by atoms with Crippen molar-refractivity contribution in [2.24, 2.45) is 10.4 Å². The molecule has 2 amide bonds. The lowest BCUT2D eigenvalue weighted by molar-refractivity contribution is 0.156. The van der Waals surface area contributed by atoms with E-state index in [4.69, 9.17) is 0 Å². The summed E-state index contributed by atoms with van der Waals surface area (Å²) in [4.78, 5) is 16.1. The molecule has 1 aliphatic carbocycles. The molecular formula is C16H19BrN2O. The van der Waals surface area contributed by atoms with Crippen LogP contribution in [0.15, 0.2) is 27.7 Å². The molecule has 106 valence electrons. The van der Waals surface area contributed by atoms with E-state index in [1.54, 1.807) is 0 Å². The topological polar surface area (TPSA) is 41.5 Å². The van der Waals surface area contributed by atoms with Gasteiger partial charge in [-0.3, -0.25) is 0 Å². The van der Waals surface area contributed by atoms with E-state index in [1.807, 2.05) is 6.92 Å². The van der Waals surface area contributed by atoms with Crippen LogP contribution in [0, 0.1) is 5.41 Å². The first-order valence-electron chi connectivity index (χ1n) is 7.16. The van der Waals surface area contributed by atoms with Gasteiger partial charge in [-0.15, -0.1) is 0 Å². The Labute approximate surface area is 128 Å². The molecule has 20 heavy (non-hydrogen) atoms. The number of benzene rings is 1. The van der Waals surface area contributed by atoms with Gasteiger partial charge in [-0.05, 0) is 49.4 Å². The van der Waals surface area contributed by atoms with Crippen molar-refractivity contribution in [1.82, 2.24) is 5.32 Å². The standard InChI is InChI=1S/C16H19BrN2O/c1-4-15(5-2)9-11-6-7-12(17)8-13(11)16(15)10(3)18-14(20)19-16/h6-8H,4-5,9H2,1-3H3,(H,19,20). The van der Waals surface area contributed by atoms with Gasteiger partial charge in [0.2, 0.25) is 0 Å². The van der Waals surface area contributed by atoms with Crippen molar-refractivity contribution < 1.29 is 4.79 Å². The van der Waals surface area contributed by atoms with Gasteiger partial charge in [0.05, 0.1) is 5.71 Å². The second kappa shape index (κ2) is 4.42. The van der Waals surface area contributed by atoms with Crippen LogP contribution in [0.2, 0.25) is 0 Å². The number of amides is 2. The minimum Gasteiger partial charge on any atom is -0.321 e. The summed E-state index contributed by atoms with van der Waals surface area (Å²) in [5, 5.41) is 3.19. The fourth-order valence-corrected chi connectivity index (χ4v) is 4.52. The van der Waals surface area contributed by atoms with Gasteiger partial charge in [-0.2, -0.15) is 0 Å². The van der Waals surface area contributed by atoms with Crippen molar-refractivity contribution >= 4 is 27.7 Å². The third-order valence-electron chi connectivity index (χ3n) is 5.26. The van der Waals surface area contributed by atoms with Crippen LogP contribution in [0.25, 0.3) is 0 Å². The van der Waals surface area contributed by atoms with E-state index >= 15 is 0 Å². The fourth-order valence-electron chi connectivity index (χ4n) is 4.16. The average molecular weight is 335 g/mol. The molecule has 0 radical (unpaired) electrons. The van der Waals surface area contributed by atoms with Crippen molar-refractivity contribution in [3.8, 4) is 0 Å². The van der Waals surface area contributed by atoms with Gasteiger partial charge in [0, 0.05) is 9.89 Å². The number of rotatable bonds is 2. The Bertz CT molecular complexity index is 619. The van der Waals surface area contributed by atoms with Crippen molar-refractivity contribution in [3.63, 3.8) is 0 Å². The summed E-state index contributed by atoms with van der Waals surface area (Å²) in [5.74, 6) is 0. The third-order valence-corrected chi connectivity index (χ3v) is 5.75. The molecule has 0 saturated carbocycles. The maximum atomic E-state index is 11.9. The number of carbonyl (C=O) groups is 1. The Hall–Kier alpha value is -1.16. The van der Waals surface area contributed by atoms with Crippen LogP contribution in [0.5, 0.6) is 0 Å². The van der Waals surface area contributed by atoms with E-state index in [0.717, 1.165) is 29.4 Å². The second-order valence-electron chi connectivity index (χ2n) is 5.84. The van der Waals surface area contributed by atoms with Crippen LogP contribution in [-0.4, -0.2) is 11.7 Å². The highest BCUT2D eigenvalue weighted by atomic mass is 79.9. The maximum absolute atomic E-state index is 11.9. The molecule has 1 unspecified atom stereocenters. The van der Waals surface area contributed by atoms with Gasteiger partial charge in [-0.1, -0.05) is 35.8 Å². The van der Waals surface area contributed by atoms with Gasteiger partial charge < -0.3 is 5.32 Å². The minimum atomic E-state index is -0.424. The molecule has 3 nitrogen and oxygen atoms in total. The van der Waals surface area contributed by atoms with Crippen LogP contribution in [0.4, 0.5) is 4.79 Å². The highest BCUT2D eigenvalue weighted by Gasteiger charge is 2.60. The summed E-state index contributed by atoms with van der Waals surface area (Å²) in [6.07, 6.45) is 3.03. The predicted octanol–water partition coefficient (Wildman–Crippen LogP) is 4.19. The summed E-state index contributed by atoms with van der Waals surface area (Å²) in [6, 6.07) is 6.19. The molecule has 0 aromatic heterocycles. The molecule has 0 fully saturated rings. The van der Waals surface area contributed by atoms with Crippen molar-refractivity contribution in [1.29, 1.82) is 0 Å². The number of nitrogens with one attached hydrogen (secondary N) is 1. The van der Waals surface area contributed by atoms with Gasteiger partial charge in [-0.25, -0.2) is 9.79 Å². The second-order valence-corrected chi connectivity index (χ2v) is 6.76. The van der Waals surface area contributed by atoms with E-state index in [0.29, 0.717) is 0 Å². The first-order valence-corrected chi connectivity index (χ1v) is 7.95. The predicted molar refractivity (Wildman–Crippen MR) is 84.2 cm³/mol. The van der Waals surface area contributed by atoms with E-state index in [1.165, 1.54) is 11.1 Å². The molecule has 1 aliphatic heterocycles. The zero-order valence-corrected chi connectivity index (χ0v) is 13.7. The monoisotopic (exact) mass is 334 g/mol. The smallest absolute Gasteiger partial charge is 0.321 e. The molecular weight excluding hydrogens is 316 g/mol. The zero-order valence-electron chi connectivity index (χ0n) is 12.1. The van der Waals surface area contributed by atoms with E-state index < -0.39 is 5.54 Å². The van der Waals surface area contributed by atoms with Crippen LogP contribution in [0.3, 0.4) is 0 Å². The highest BCUT2D eigenvalue weighted by molar-refractivity contribution is 9.10. The minimum absolute atomic E-state index is 0.0237. The number of aliphatic imine (C=N–C) groups is 1. The number of urea groups is 1. The van der Waals surface area contributed by atoms with Crippen molar-refractivity contribution in [2.75, 3.05) is 0 Å². The summed E-state index contributed by atoms with van der Waals surface area (Å²) in [5.41, 5.74) is 3.04. The number of nitrogens with zero attached hydrogens (tertiary/aromatic N) is 1. The molecule has 3 rings (SSSR count). The Balaban J connectivity index is 2.30. The maximum Gasteiger partial charge on any atom is 0.341 e. The van der Waals surface area contributed by atoms with Gasteiger partial charge >= 0.3 is 6.03 Å². The lowest BCUT2D eigenvalue weighted by Crippen LogP contribution is -2.55. The van der Waals surface area contributed by atoms with Crippen molar-refractivity contribution in [3.05, 3.63) is 33.8 Å². The number of hydrogen-bond donors (Lipinski definition) is 1. The van der Waals surface area contributed by atoms with E-state index in [2.05, 4.69) is 58.3 Å². The Morgan fingerprint density at radius 1 is 1.35 bits per heavy atom. The van der Waals surface area contributed by atoms with E-state index in [9.17, 15) is 4.79 Å².